The number of hydrogen-bond donors (Lipinski definition) is 1. The largest absolute Gasteiger partial charge is 0.388 e. The average molecular weight is 322 g/mol. The van der Waals surface area contributed by atoms with E-state index in [1.54, 1.807) is 10.9 Å². The van der Waals surface area contributed by atoms with Crippen molar-refractivity contribution in [3.05, 3.63) is 11.9 Å². The van der Waals surface area contributed by atoms with E-state index in [1.807, 2.05) is 4.90 Å². The van der Waals surface area contributed by atoms with Crippen molar-refractivity contribution in [2.75, 3.05) is 33.0 Å². The molecule has 0 aromatic carbocycles. The highest BCUT2D eigenvalue weighted by Gasteiger charge is 2.45. The van der Waals surface area contributed by atoms with E-state index in [0.717, 1.165) is 25.7 Å². The van der Waals surface area contributed by atoms with Crippen molar-refractivity contribution in [3.8, 4) is 0 Å². The maximum atomic E-state index is 12.9. The summed E-state index contributed by atoms with van der Waals surface area (Å²) in [6.45, 7) is 2.46. The average Bonchev–Trinajstić information content (AvgIpc) is 3.28. The van der Waals surface area contributed by atoms with Crippen LogP contribution in [0.3, 0.4) is 0 Å². The fourth-order valence-electron chi connectivity index (χ4n) is 3.96. The van der Waals surface area contributed by atoms with Gasteiger partial charge in [0.1, 0.15) is 12.1 Å². The highest BCUT2D eigenvalue weighted by Crippen LogP contribution is 2.38. The van der Waals surface area contributed by atoms with Crippen molar-refractivity contribution in [2.45, 2.75) is 43.4 Å². The van der Waals surface area contributed by atoms with Gasteiger partial charge in [0.2, 0.25) is 0 Å². The van der Waals surface area contributed by atoms with E-state index in [2.05, 4.69) is 10.3 Å². The predicted octanol–water partition coefficient (Wildman–Crippen LogP) is -0.00450. The summed E-state index contributed by atoms with van der Waals surface area (Å²) < 4.78 is 12.4. The first kappa shape index (κ1) is 15.0. The second-order valence-electron chi connectivity index (χ2n) is 6.70. The number of aromatic nitrogens is 3. The van der Waals surface area contributed by atoms with Crippen LogP contribution in [0, 0.1) is 0 Å². The molecule has 1 aromatic heterocycles. The Balaban J connectivity index is 1.55. The number of amides is 1. The van der Waals surface area contributed by atoms with Crippen molar-refractivity contribution in [3.63, 3.8) is 0 Å². The second kappa shape index (κ2) is 5.85. The number of rotatable bonds is 2. The minimum Gasteiger partial charge on any atom is -0.388 e. The Morgan fingerprint density at radius 1 is 1.30 bits per heavy atom. The van der Waals surface area contributed by atoms with Gasteiger partial charge in [-0.25, -0.2) is 4.68 Å². The Labute approximate surface area is 134 Å². The maximum absolute atomic E-state index is 12.9. The van der Waals surface area contributed by atoms with Crippen molar-refractivity contribution in [1.82, 2.24) is 19.9 Å². The normalized spacial score (nSPS) is 30.2. The van der Waals surface area contributed by atoms with Gasteiger partial charge in [0, 0.05) is 6.54 Å². The number of ether oxygens (including phenoxy) is 2. The number of morpholine rings is 1. The molecule has 1 saturated carbocycles. The summed E-state index contributed by atoms with van der Waals surface area (Å²) in [5.74, 6) is -0.0881. The summed E-state index contributed by atoms with van der Waals surface area (Å²) in [5.41, 5.74) is 0.159. The lowest BCUT2D eigenvalue weighted by Gasteiger charge is -2.44. The van der Waals surface area contributed by atoms with Crippen LogP contribution in [0.2, 0.25) is 0 Å². The number of aliphatic hydroxyl groups is 1. The molecule has 1 N–H and O–H groups in total. The van der Waals surface area contributed by atoms with Crippen LogP contribution < -0.4 is 0 Å². The molecule has 1 spiro atoms. The molecule has 1 aliphatic carbocycles. The van der Waals surface area contributed by atoms with E-state index >= 15 is 0 Å². The molecule has 3 aliphatic rings. The first-order valence-corrected chi connectivity index (χ1v) is 8.27. The molecule has 3 heterocycles. The van der Waals surface area contributed by atoms with Crippen molar-refractivity contribution < 1.29 is 19.4 Å². The van der Waals surface area contributed by atoms with E-state index in [-0.39, 0.29) is 17.5 Å². The Bertz CT molecular complexity index is 584. The van der Waals surface area contributed by atoms with Crippen LogP contribution in [0.25, 0.3) is 0 Å². The molecule has 8 nitrogen and oxygen atoms in total. The molecule has 8 heteroatoms. The predicted molar refractivity (Wildman–Crippen MR) is 78.9 cm³/mol. The summed E-state index contributed by atoms with van der Waals surface area (Å²) in [7, 11) is 0. The summed E-state index contributed by atoms with van der Waals surface area (Å²) in [6, 6.07) is -0.269. The first-order valence-electron chi connectivity index (χ1n) is 8.27. The number of carbonyl (C=O) groups excluding carboxylic acids is 1. The van der Waals surface area contributed by atoms with Crippen LogP contribution in [0.5, 0.6) is 0 Å². The minimum absolute atomic E-state index is 0.0881. The van der Waals surface area contributed by atoms with Gasteiger partial charge in [0.25, 0.3) is 5.91 Å². The molecule has 126 valence electrons. The molecule has 1 amide bonds. The molecule has 3 fully saturated rings. The van der Waals surface area contributed by atoms with E-state index < -0.39 is 6.10 Å². The number of aliphatic hydroxyl groups excluding tert-OH is 1. The molecule has 0 radical (unpaired) electrons. The monoisotopic (exact) mass is 322 g/mol. The molecule has 0 bridgehead atoms. The van der Waals surface area contributed by atoms with E-state index in [1.165, 1.54) is 0 Å². The van der Waals surface area contributed by atoms with Crippen molar-refractivity contribution in [2.24, 2.45) is 0 Å². The first-order chi connectivity index (χ1) is 11.2. The van der Waals surface area contributed by atoms with Crippen LogP contribution in [0.1, 0.15) is 42.2 Å². The van der Waals surface area contributed by atoms with Gasteiger partial charge >= 0.3 is 0 Å². The fraction of sp³-hybridized carbons (Fsp3) is 0.800. The molecule has 23 heavy (non-hydrogen) atoms. The van der Waals surface area contributed by atoms with E-state index in [9.17, 15) is 9.90 Å². The zero-order chi connectivity index (χ0) is 15.9. The second-order valence-corrected chi connectivity index (χ2v) is 6.70. The lowest BCUT2D eigenvalue weighted by atomic mass is 9.94. The third-order valence-electron chi connectivity index (χ3n) is 5.27. The molecule has 2 aliphatic heterocycles. The van der Waals surface area contributed by atoms with Gasteiger partial charge in [-0.1, -0.05) is 18.1 Å². The molecule has 2 atom stereocenters. The third kappa shape index (κ3) is 2.54. The molecule has 4 rings (SSSR count). The fourth-order valence-corrected chi connectivity index (χ4v) is 3.96. The molecule has 1 aromatic rings. The van der Waals surface area contributed by atoms with E-state index in [4.69, 9.17) is 9.47 Å². The zero-order valence-electron chi connectivity index (χ0n) is 13.1. The van der Waals surface area contributed by atoms with E-state index in [0.29, 0.717) is 38.7 Å². The standard InChI is InChI=1S/C15H22N4O4/c20-13-9-23-8-12(13)19-7-11(16-17-19)14(21)18-5-6-22-10-15(18)3-1-2-4-15/h7,12-13,20H,1-6,8-10H2/t12-,13-/m1/s1. The van der Waals surface area contributed by atoms with Gasteiger partial charge in [0.15, 0.2) is 5.69 Å². The van der Waals surface area contributed by atoms with Gasteiger partial charge in [-0.15, -0.1) is 5.10 Å². The Morgan fingerprint density at radius 3 is 2.87 bits per heavy atom. The van der Waals surface area contributed by atoms with Gasteiger partial charge in [0.05, 0.1) is 38.2 Å². The van der Waals surface area contributed by atoms with Crippen molar-refractivity contribution in [1.29, 1.82) is 0 Å². The van der Waals surface area contributed by atoms with Gasteiger partial charge in [-0.2, -0.15) is 0 Å². The molecular formula is C15H22N4O4. The van der Waals surface area contributed by atoms with Crippen molar-refractivity contribution >= 4 is 5.91 Å². The number of nitrogens with zero attached hydrogens (tertiary/aromatic N) is 4. The topological polar surface area (TPSA) is 89.7 Å². The zero-order valence-corrected chi connectivity index (χ0v) is 13.1. The highest BCUT2D eigenvalue weighted by atomic mass is 16.5. The lowest BCUT2D eigenvalue weighted by molar-refractivity contribution is -0.0504. The minimum atomic E-state index is -0.607. The summed E-state index contributed by atoms with van der Waals surface area (Å²) >= 11 is 0. The third-order valence-corrected chi connectivity index (χ3v) is 5.27. The molecule has 0 unspecified atom stereocenters. The highest BCUT2D eigenvalue weighted by molar-refractivity contribution is 5.92. The summed E-state index contributed by atoms with van der Waals surface area (Å²) in [4.78, 5) is 14.9. The Morgan fingerprint density at radius 2 is 2.13 bits per heavy atom. The molecule has 2 saturated heterocycles. The molecular weight excluding hydrogens is 300 g/mol. The summed E-state index contributed by atoms with van der Waals surface area (Å²) in [6.07, 6.45) is 5.26. The van der Waals surface area contributed by atoms with Crippen LogP contribution in [0.4, 0.5) is 0 Å². The van der Waals surface area contributed by atoms with Crippen LogP contribution in [-0.2, 0) is 9.47 Å². The quantitative estimate of drug-likeness (QED) is 0.824. The lowest BCUT2D eigenvalue weighted by Crippen LogP contribution is -2.57. The number of carbonyl (C=O) groups is 1. The van der Waals surface area contributed by atoms with Crippen LogP contribution in [0.15, 0.2) is 6.20 Å². The smallest absolute Gasteiger partial charge is 0.276 e. The number of hydrogen-bond acceptors (Lipinski definition) is 6. The Kier molecular flexibility index (Phi) is 3.82. The maximum Gasteiger partial charge on any atom is 0.276 e. The summed E-state index contributed by atoms with van der Waals surface area (Å²) in [5, 5.41) is 17.9. The Hall–Kier alpha value is -1.51. The van der Waals surface area contributed by atoms with Crippen LogP contribution in [-0.4, -0.2) is 75.5 Å². The van der Waals surface area contributed by atoms with Crippen LogP contribution >= 0.6 is 0 Å². The van der Waals surface area contributed by atoms with Gasteiger partial charge in [-0.05, 0) is 12.8 Å². The SMILES string of the molecule is O=C(c1cn([C@@H]2COC[C@H]2O)nn1)N1CCOCC12CCCC2. The van der Waals surface area contributed by atoms with Gasteiger partial charge in [-0.3, -0.25) is 4.79 Å². The van der Waals surface area contributed by atoms with Gasteiger partial charge < -0.3 is 19.5 Å².